The van der Waals surface area contributed by atoms with Gasteiger partial charge in [-0.2, -0.15) is 8.78 Å². The van der Waals surface area contributed by atoms with Crippen LogP contribution in [0.1, 0.15) is 34.5 Å². The molecule has 1 unspecified atom stereocenters. The Hall–Kier alpha value is -2.88. The van der Waals surface area contributed by atoms with Crippen LogP contribution >= 0.6 is 0 Å². The van der Waals surface area contributed by atoms with E-state index in [9.17, 15) is 22.0 Å². The highest BCUT2D eigenvalue weighted by atomic mass is 32.2. The van der Waals surface area contributed by atoms with Crippen molar-refractivity contribution in [3.8, 4) is 11.5 Å². The number of sulfone groups is 1. The number of nitrogens with two attached hydrogens (primary N) is 1. The predicted molar refractivity (Wildman–Crippen MR) is 107 cm³/mol. The zero-order valence-electron chi connectivity index (χ0n) is 16.5. The number of halogens is 2. The standard InChI is InChI=1S/C20H22F2N2O5S/c1-3-28-17-9-12(7-8-16(17)29-20(21)22)15(11-30(2,26)27)24-10-13-5-4-6-14(23)18(13)19(24)25/h4-9,15,20H,3,10-11,23H2,1-2H3. The number of carbonyl (C=O) groups excluding carboxylic acids is 1. The number of alkyl halides is 2. The summed E-state index contributed by atoms with van der Waals surface area (Å²) in [5.41, 5.74) is 7.72. The van der Waals surface area contributed by atoms with Crippen molar-refractivity contribution in [1.29, 1.82) is 0 Å². The SMILES string of the molecule is CCOc1cc(C(CS(C)(=O)=O)N2Cc3cccc(N)c3C2=O)ccc1OC(F)F. The summed E-state index contributed by atoms with van der Waals surface area (Å²) >= 11 is 0. The van der Waals surface area contributed by atoms with Gasteiger partial charge in [0.1, 0.15) is 9.84 Å². The lowest BCUT2D eigenvalue weighted by atomic mass is 10.1. The maximum absolute atomic E-state index is 13.0. The highest BCUT2D eigenvalue weighted by Crippen LogP contribution is 2.38. The Labute approximate surface area is 173 Å². The second-order valence-corrected chi connectivity index (χ2v) is 9.13. The van der Waals surface area contributed by atoms with Gasteiger partial charge in [0, 0.05) is 18.5 Å². The Kier molecular flexibility index (Phi) is 6.16. The molecule has 0 bridgehead atoms. The molecule has 0 saturated heterocycles. The van der Waals surface area contributed by atoms with Gasteiger partial charge in [-0.05, 0) is 36.2 Å². The zero-order valence-corrected chi connectivity index (χ0v) is 17.3. The molecule has 0 saturated carbocycles. The van der Waals surface area contributed by atoms with Gasteiger partial charge in [-0.25, -0.2) is 8.42 Å². The summed E-state index contributed by atoms with van der Waals surface area (Å²) < 4.78 is 59.5. The molecule has 3 rings (SSSR count). The summed E-state index contributed by atoms with van der Waals surface area (Å²) in [6, 6.07) is 8.39. The van der Waals surface area contributed by atoms with Crippen LogP contribution in [-0.4, -0.2) is 44.5 Å². The molecule has 0 radical (unpaired) electrons. The maximum Gasteiger partial charge on any atom is 0.387 e. The third-order valence-corrected chi connectivity index (χ3v) is 5.62. The molecule has 1 atom stereocenters. The molecule has 30 heavy (non-hydrogen) atoms. The molecule has 0 fully saturated rings. The molecule has 1 aliphatic rings. The van der Waals surface area contributed by atoms with Gasteiger partial charge in [-0.15, -0.1) is 0 Å². The van der Waals surface area contributed by atoms with Crippen molar-refractivity contribution in [3.05, 3.63) is 53.1 Å². The van der Waals surface area contributed by atoms with E-state index in [0.29, 0.717) is 22.4 Å². The first kappa shape index (κ1) is 21.8. The Morgan fingerprint density at radius 2 is 1.93 bits per heavy atom. The molecule has 0 aromatic heterocycles. The van der Waals surface area contributed by atoms with Crippen molar-refractivity contribution in [2.45, 2.75) is 26.1 Å². The Balaban J connectivity index is 2.04. The van der Waals surface area contributed by atoms with Crippen molar-refractivity contribution in [3.63, 3.8) is 0 Å². The van der Waals surface area contributed by atoms with E-state index >= 15 is 0 Å². The van der Waals surface area contributed by atoms with Gasteiger partial charge in [0.2, 0.25) is 0 Å². The van der Waals surface area contributed by atoms with Crippen LogP contribution in [0.3, 0.4) is 0 Å². The van der Waals surface area contributed by atoms with Gasteiger partial charge < -0.3 is 20.1 Å². The molecule has 2 aromatic rings. The van der Waals surface area contributed by atoms with Gasteiger partial charge in [0.15, 0.2) is 11.5 Å². The molecule has 0 spiro atoms. The minimum Gasteiger partial charge on any atom is -0.490 e. The topological polar surface area (TPSA) is 98.9 Å². The fourth-order valence-corrected chi connectivity index (χ4v) is 4.46. The second-order valence-electron chi connectivity index (χ2n) is 6.94. The van der Waals surface area contributed by atoms with E-state index in [1.54, 1.807) is 25.1 Å². The average Bonchev–Trinajstić information content (AvgIpc) is 2.98. The summed E-state index contributed by atoms with van der Waals surface area (Å²) in [5, 5.41) is 0. The van der Waals surface area contributed by atoms with Crippen LogP contribution in [0.15, 0.2) is 36.4 Å². The van der Waals surface area contributed by atoms with Crippen LogP contribution in [0.5, 0.6) is 11.5 Å². The normalized spacial score (nSPS) is 14.7. The number of hydrogen-bond acceptors (Lipinski definition) is 6. The molecule has 162 valence electrons. The fraction of sp³-hybridized carbons (Fsp3) is 0.350. The number of hydrogen-bond donors (Lipinski definition) is 1. The van der Waals surface area contributed by atoms with E-state index in [4.69, 9.17) is 10.5 Å². The first-order chi connectivity index (χ1) is 14.1. The number of rotatable bonds is 8. The molecule has 1 heterocycles. The van der Waals surface area contributed by atoms with E-state index in [0.717, 1.165) is 6.26 Å². The summed E-state index contributed by atoms with van der Waals surface area (Å²) in [4.78, 5) is 14.5. The highest BCUT2D eigenvalue weighted by Gasteiger charge is 2.36. The first-order valence-electron chi connectivity index (χ1n) is 9.18. The third kappa shape index (κ3) is 4.64. The summed E-state index contributed by atoms with van der Waals surface area (Å²) in [5.74, 6) is -0.873. The minimum atomic E-state index is -3.50. The lowest BCUT2D eigenvalue weighted by Gasteiger charge is -2.28. The van der Waals surface area contributed by atoms with Crippen molar-refractivity contribution in [1.82, 2.24) is 4.90 Å². The largest absolute Gasteiger partial charge is 0.490 e. The average molecular weight is 440 g/mol. The lowest BCUT2D eigenvalue weighted by molar-refractivity contribution is -0.0514. The van der Waals surface area contributed by atoms with E-state index in [1.807, 2.05) is 0 Å². The lowest BCUT2D eigenvalue weighted by Crippen LogP contribution is -2.34. The number of anilines is 1. The maximum atomic E-state index is 13.0. The Morgan fingerprint density at radius 3 is 2.53 bits per heavy atom. The van der Waals surface area contributed by atoms with Crippen LogP contribution in [0.4, 0.5) is 14.5 Å². The number of nitrogen functional groups attached to an aromatic ring is 1. The van der Waals surface area contributed by atoms with Crippen molar-refractivity contribution in [2.75, 3.05) is 24.3 Å². The van der Waals surface area contributed by atoms with E-state index in [-0.39, 0.29) is 36.3 Å². The molecule has 0 aliphatic carbocycles. The summed E-state index contributed by atoms with van der Waals surface area (Å²) in [6.45, 7) is -1.00. The number of ether oxygens (including phenoxy) is 2. The van der Waals surface area contributed by atoms with Crippen molar-refractivity contribution >= 4 is 21.4 Å². The van der Waals surface area contributed by atoms with Crippen LogP contribution < -0.4 is 15.2 Å². The number of nitrogens with zero attached hydrogens (tertiary/aromatic N) is 1. The van der Waals surface area contributed by atoms with Gasteiger partial charge in [-0.1, -0.05) is 18.2 Å². The second kappa shape index (κ2) is 8.47. The van der Waals surface area contributed by atoms with Crippen LogP contribution in [-0.2, 0) is 16.4 Å². The minimum absolute atomic E-state index is 0.0393. The van der Waals surface area contributed by atoms with Gasteiger partial charge in [0.05, 0.1) is 24.0 Å². The zero-order chi connectivity index (χ0) is 22.1. The molecule has 7 nitrogen and oxygen atoms in total. The molecule has 2 aromatic carbocycles. The summed E-state index contributed by atoms with van der Waals surface area (Å²) in [7, 11) is -3.50. The van der Waals surface area contributed by atoms with Crippen molar-refractivity contribution < 1.29 is 31.5 Å². The van der Waals surface area contributed by atoms with Gasteiger partial charge in [-0.3, -0.25) is 4.79 Å². The van der Waals surface area contributed by atoms with E-state index < -0.39 is 22.5 Å². The highest BCUT2D eigenvalue weighted by molar-refractivity contribution is 7.90. The fourth-order valence-electron chi connectivity index (χ4n) is 3.51. The van der Waals surface area contributed by atoms with Gasteiger partial charge >= 0.3 is 6.61 Å². The first-order valence-corrected chi connectivity index (χ1v) is 11.2. The van der Waals surface area contributed by atoms with Crippen molar-refractivity contribution in [2.24, 2.45) is 0 Å². The Bertz CT molecular complexity index is 1060. The van der Waals surface area contributed by atoms with Crippen LogP contribution in [0.2, 0.25) is 0 Å². The quantitative estimate of drug-likeness (QED) is 0.634. The number of fused-ring (bicyclic) bond motifs is 1. The molecule has 1 aliphatic heterocycles. The Morgan fingerprint density at radius 1 is 1.20 bits per heavy atom. The molecular formula is C20H22F2N2O5S. The van der Waals surface area contributed by atoms with Crippen LogP contribution in [0.25, 0.3) is 0 Å². The smallest absolute Gasteiger partial charge is 0.387 e. The monoisotopic (exact) mass is 440 g/mol. The molecular weight excluding hydrogens is 418 g/mol. The van der Waals surface area contributed by atoms with E-state index in [1.165, 1.54) is 23.1 Å². The summed E-state index contributed by atoms with van der Waals surface area (Å²) in [6.07, 6.45) is 1.07. The van der Waals surface area contributed by atoms with Gasteiger partial charge in [0.25, 0.3) is 5.91 Å². The molecule has 2 N–H and O–H groups in total. The van der Waals surface area contributed by atoms with E-state index in [2.05, 4.69) is 4.74 Å². The molecule has 10 heteroatoms. The molecule has 1 amide bonds. The van der Waals surface area contributed by atoms with Crippen LogP contribution in [0, 0.1) is 0 Å². The number of benzene rings is 2. The third-order valence-electron chi connectivity index (χ3n) is 4.70. The number of amides is 1. The number of carbonyl (C=O) groups is 1. The predicted octanol–water partition coefficient (Wildman–Crippen LogP) is 3.01.